The molecule has 1 aromatic rings. The van der Waals surface area contributed by atoms with Gasteiger partial charge in [-0.2, -0.15) is 13.2 Å². The van der Waals surface area contributed by atoms with E-state index in [1.807, 2.05) is 0 Å². The number of hydrogen-bond acceptors (Lipinski definition) is 4. The van der Waals surface area contributed by atoms with Crippen molar-refractivity contribution in [3.05, 3.63) is 35.4 Å². The molecule has 1 atom stereocenters. The van der Waals surface area contributed by atoms with Crippen LogP contribution in [0.2, 0.25) is 0 Å². The lowest BCUT2D eigenvalue weighted by molar-refractivity contribution is -0.142. The molecular formula is C15H18F3NO5. The molecule has 9 heteroatoms. The highest BCUT2D eigenvalue weighted by Crippen LogP contribution is 2.29. The van der Waals surface area contributed by atoms with Gasteiger partial charge in [0.2, 0.25) is 5.91 Å². The van der Waals surface area contributed by atoms with Crippen LogP contribution in [-0.2, 0) is 31.7 Å². The lowest BCUT2D eigenvalue weighted by atomic mass is 10.0. The van der Waals surface area contributed by atoms with Crippen LogP contribution in [-0.4, -0.2) is 50.0 Å². The molecule has 0 aliphatic carbocycles. The Labute approximate surface area is 136 Å². The Morgan fingerprint density at radius 1 is 1.29 bits per heavy atom. The Morgan fingerprint density at radius 3 is 2.58 bits per heavy atom. The molecule has 0 saturated heterocycles. The molecule has 0 fully saturated rings. The van der Waals surface area contributed by atoms with Crippen molar-refractivity contribution in [3.8, 4) is 0 Å². The Morgan fingerprint density at radius 2 is 2.00 bits per heavy atom. The molecule has 0 spiro atoms. The van der Waals surface area contributed by atoms with Crippen LogP contribution < -0.4 is 5.32 Å². The Bertz CT molecular complexity index is 562. The Balaban J connectivity index is 2.67. The van der Waals surface area contributed by atoms with Crippen LogP contribution in [0.3, 0.4) is 0 Å². The second kappa shape index (κ2) is 9.24. The summed E-state index contributed by atoms with van der Waals surface area (Å²) in [4.78, 5) is 22.8. The zero-order valence-electron chi connectivity index (χ0n) is 12.9. The third kappa shape index (κ3) is 6.97. The first kappa shape index (κ1) is 19.9. The maximum atomic E-state index is 12.7. The molecule has 0 bridgehead atoms. The normalized spacial score (nSPS) is 12.7. The predicted molar refractivity (Wildman–Crippen MR) is 77.4 cm³/mol. The summed E-state index contributed by atoms with van der Waals surface area (Å²) < 4.78 is 47.7. The second-order valence-corrected chi connectivity index (χ2v) is 4.91. The first-order chi connectivity index (χ1) is 11.2. The summed E-state index contributed by atoms with van der Waals surface area (Å²) in [5.74, 6) is -2.02. The van der Waals surface area contributed by atoms with E-state index >= 15 is 0 Å². The molecule has 1 amide bonds. The van der Waals surface area contributed by atoms with E-state index in [2.05, 4.69) is 5.32 Å². The number of halogens is 3. The summed E-state index contributed by atoms with van der Waals surface area (Å²) in [7, 11) is 1.46. The van der Waals surface area contributed by atoms with Crippen molar-refractivity contribution in [2.24, 2.45) is 0 Å². The monoisotopic (exact) mass is 349 g/mol. The fourth-order valence-corrected chi connectivity index (χ4v) is 1.85. The van der Waals surface area contributed by atoms with E-state index in [9.17, 15) is 22.8 Å². The van der Waals surface area contributed by atoms with Gasteiger partial charge in [-0.3, -0.25) is 4.79 Å². The standard InChI is InChI=1S/C15H18F3NO5/c1-23-5-6-24-9-13(20)19-12(14(21)22)8-10-3-2-4-11(7-10)15(16,17)18/h2-4,7,12H,5-6,8-9H2,1H3,(H,19,20)(H,21,22)/t12-/m0/s1. The first-order valence-electron chi connectivity index (χ1n) is 6.99. The number of carbonyl (C=O) groups excluding carboxylic acids is 1. The van der Waals surface area contributed by atoms with Gasteiger partial charge in [0.25, 0.3) is 0 Å². The van der Waals surface area contributed by atoms with Crippen LogP contribution in [0, 0.1) is 0 Å². The van der Waals surface area contributed by atoms with Gasteiger partial charge in [-0.15, -0.1) is 0 Å². The van der Waals surface area contributed by atoms with Crippen molar-refractivity contribution in [2.75, 3.05) is 26.9 Å². The van der Waals surface area contributed by atoms with Gasteiger partial charge < -0.3 is 19.9 Å². The first-order valence-corrected chi connectivity index (χ1v) is 6.99. The number of benzene rings is 1. The van der Waals surface area contributed by atoms with Crippen molar-refractivity contribution in [1.82, 2.24) is 5.32 Å². The SMILES string of the molecule is COCCOCC(=O)N[C@@H](Cc1cccc(C(F)(F)F)c1)C(=O)O. The maximum Gasteiger partial charge on any atom is 0.416 e. The molecule has 1 rings (SSSR count). The average molecular weight is 349 g/mol. The lowest BCUT2D eigenvalue weighted by Gasteiger charge is -2.16. The van der Waals surface area contributed by atoms with Gasteiger partial charge in [0.1, 0.15) is 12.6 Å². The van der Waals surface area contributed by atoms with Crippen LogP contribution in [0.5, 0.6) is 0 Å². The van der Waals surface area contributed by atoms with Crippen LogP contribution in [0.1, 0.15) is 11.1 Å². The Hall–Kier alpha value is -2.13. The molecule has 1 aromatic carbocycles. The molecule has 134 valence electrons. The number of aliphatic carboxylic acids is 1. The summed E-state index contributed by atoms with van der Waals surface area (Å²) >= 11 is 0. The van der Waals surface area contributed by atoms with Crippen LogP contribution in [0.25, 0.3) is 0 Å². The fraction of sp³-hybridized carbons (Fsp3) is 0.467. The molecule has 0 unspecified atom stereocenters. The number of alkyl halides is 3. The zero-order chi connectivity index (χ0) is 18.2. The highest BCUT2D eigenvalue weighted by molar-refractivity contribution is 5.84. The number of carboxylic acid groups (broad SMARTS) is 1. The highest BCUT2D eigenvalue weighted by Gasteiger charge is 2.31. The molecule has 0 aliphatic heterocycles. The lowest BCUT2D eigenvalue weighted by Crippen LogP contribution is -2.44. The predicted octanol–water partition coefficient (Wildman–Crippen LogP) is 1.48. The Kier molecular flexibility index (Phi) is 7.66. The number of carboxylic acids is 1. The fourth-order valence-electron chi connectivity index (χ4n) is 1.85. The minimum atomic E-state index is -4.52. The van der Waals surface area contributed by atoms with E-state index < -0.39 is 29.7 Å². The number of rotatable bonds is 9. The number of nitrogens with one attached hydrogen (secondary N) is 1. The van der Waals surface area contributed by atoms with E-state index in [4.69, 9.17) is 14.6 Å². The highest BCUT2D eigenvalue weighted by atomic mass is 19.4. The van der Waals surface area contributed by atoms with E-state index in [0.717, 1.165) is 12.1 Å². The van der Waals surface area contributed by atoms with Gasteiger partial charge in [0, 0.05) is 13.5 Å². The number of ether oxygens (including phenoxy) is 2. The van der Waals surface area contributed by atoms with Gasteiger partial charge in [-0.05, 0) is 11.6 Å². The number of amides is 1. The van der Waals surface area contributed by atoms with Crippen LogP contribution in [0.15, 0.2) is 24.3 Å². The van der Waals surface area contributed by atoms with Gasteiger partial charge in [-0.25, -0.2) is 4.79 Å². The molecule has 0 saturated carbocycles. The molecule has 0 radical (unpaired) electrons. The van der Waals surface area contributed by atoms with E-state index in [1.54, 1.807) is 0 Å². The molecule has 6 nitrogen and oxygen atoms in total. The number of carbonyl (C=O) groups is 2. The summed E-state index contributed by atoms with van der Waals surface area (Å²) in [6, 6.07) is 2.95. The smallest absolute Gasteiger partial charge is 0.416 e. The molecule has 0 aliphatic rings. The largest absolute Gasteiger partial charge is 0.480 e. The minimum Gasteiger partial charge on any atom is -0.480 e. The molecule has 2 N–H and O–H groups in total. The van der Waals surface area contributed by atoms with Gasteiger partial charge in [0.15, 0.2) is 0 Å². The van der Waals surface area contributed by atoms with Gasteiger partial charge >= 0.3 is 12.1 Å². The van der Waals surface area contributed by atoms with Crippen molar-refractivity contribution >= 4 is 11.9 Å². The van der Waals surface area contributed by atoms with Crippen LogP contribution >= 0.6 is 0 Å². The minimum absolute atomic E-state index is 0.151. The molecule has 24 heavy (non-hydrogen) atoms. The third-order valence-corrected chi connectivity index (χ3v) is 2.99. The van der Waals surface area contributed by atoms with E-state index in [-0.39, 0.29) is 31.8 Å². The van der Waals surface area contributed by atoms with Gasteiger partial charge in [-0.1, -0.05) is 18.2 Å². The zero-order valence-corrected chi connectivity index (χ0v) is 12.9. The summed E-state index contributed by atoms with van der Waals surface area (Å²) in [6.07, 6.45) is -4.80. The summed E-state index contributed by atoms with van der Waals surface area (Å²) in [5, 5.41) is 11.3. The van der Waals surface area contributed by atoms with Crippen LogP contribution in [0.4, 0.5) is 13.2 Å². The summed E-state index contributed by atoms with van der Waals surface area (Å²) in [5.41, 5.74) is -0.726. The van der Waals surface area contributed by atoms with E-state index in [0.29, 0.717) is 0 Å². The summed E-state index contributed by atoms with van der Waals surface area (Å²) in [6.45, 7) is 0.0743. The molecular weight excluding hydrogens is 331 g/mol. The number of methoxy groups -OCH3 is 1. The van der Waals surface area contributed by atoms with E-state index in [1.165, 1.54) is 19.2 Å². The van der Waals surface area contributed by atoms with Gasteiger partial charge in [0.05, 0.1) is 18.8 Å². The third-order valence-electron chi connectivity index (χ3n) is 2.99. The topological polar surface area (TPSA) is 84.9 Å². The quantitative estimate of drug-likeness (QED) is 0.660. The second-order valence-electron chi connectivity index (χ2n) is 4.91. The van der Waals surface area contributed by atoms with Crippen molar-refractivity contribution < 1.29 is 37.3 Å². The maximum absolute atomic E-state index is 12.7. The van der Waals surface area contributed by atoms with Crippen molar-refractivity contribution in [2.45, 2.75) is 18.6 Å². The van der Waals surface area contributed by atoms with Crippen molar-refractivity contribution in [3.63, 3.8) is 0 Å². The molecule has 0 heterocycles. The van der Waals surface area contributed by atoms with Crippen molar-refractivity contribution in [1.29, 1.82) is 0 Å². The molecule has 0 aromatic heterocycles. The average Bonchev–Trinajstić information content (AvgIpc) is 2.50. The number of hydrogen-bond donors (Lipinski definition) is 2.